The first-order valence-electron chi connectivity index (χ1n) is 7.64. The lowest BCUT2D eigenvalue weighted by Crippen LogP contribution is -2.45. The second-order valence-corrected chi connectivity index (χ2v) is 5.44. The van der Waals surface area contributed by atoms with Crippen LogP contribution in [-0.4, -0.2) is 51.5 Å². The Morgan fingerprint density at radius 3 is 3.10 bits per heavy atom. The summed E-state index contributed by atoms with van der Waals surface area (Å²) in [6.07, 6.45) is 1.86. The van der Waals surface area contributed by atoms with E-state index in [1.807, 2.05) is 0 Å². The van der Waals surface area contributed by atoms with Gasteiger partial charge in [0.1, 0.15) is 0 Å². The van der Waals surface area contributed by atoms with E-state index in [0.29, 0.717) is 26.4 Å². The Balaban J connectivity index is 1.48. The van der Waals surface area contributed by atoms with Crippen LogP contribution in [-0.2, 0) is 20.7 Å². The van der Waals surface area contributed by atoms with Gasteiger partial charge in [-0.15, -0.1) is 0 Å². The van der Waals surface area contributed by atoms with Crippen molar-refractivity contribution in [1.82, 2.24) is 5.32 Å². The Hall–Kier alpha value is -1.59. The molecule has 1 amide bonds. The highest BCUT2D eigenvalue weighted by molar-refractivity contribution is 5.81. The summed E-state index contributed by atoms with van der Waals surface area (Å²) in [5.74, 6) is -0.0694. The van der Waals surface area contributed by atoms with Crippen molar-refractivity contribution in [2.24, 2.45) is 0 Å². The Kier molecular flexibility index (Phi) is 4.72. The molecular formula is C16H22N2O3. The molecule has 5 heteroatoms. The number of rotatable bonds is 4. The normalized spacial score (nSPS) is 21.7. The van der Waals surface area contributed by atoms with Crippen LogP contribution < -0.4 is 10.2 Å². The van der Waals surface area contributed by atoms with Gasteiger partial charge in [0.05, 0.1) is 19.8 Å². The van der Waals surface area contributed by atoms with E-state index < -0.39 is 6.10 Å². The minimum Gasteiger partial charge on any atom is -0.376 e. The van der Waals surface area contributed by atoms with E-state index in [4.69, 9.17) is 9.47 Å². The highest BCUT2D eigenvalue weighted by atomic mass is 16.6. The number of amides is 1. The van der Waals surface area contributed by atoms with Gasteiger partial charge in [-0.25, -0.2) is 0 Å². The molecule has 5 nitrogen and oxygen atoms in total. The van der Waals surface area contributed by atoms with Gasteiger partial charge in [0.2, 0.25) is 0 Å². The number of hydrogen-bond donors (Lipinski definition) is 1. The van der Waals surface area contributed by atoms with E-state index in [9.17, 15) is 4.79 Å². The molecule has 0 radical (unpaired) electrons. The lowest BCUT2D eigenvalue weighted by molar-refractivity contribution is -0.147. The summed E-state index contributed by atoms with van der Waals surface area (Å²) in [5.41, 5.74) is 2.70. The fourth-order valence-corrected chi connectivity index (χ4v) is 2.91. The smallest absolute Gasteiger partial charge is 0.251 e. The van der Waals surface area contributed by atoms with Crippen molar-refractivity contribution in [3.8, 4) is 0 Å². The zero-order valence-electron chi connectivity index (χ0n) is 12.2. The molecule has 1 saturated heterocycles. The van der Waals surface area contributed by atoms with Gasteiger partial charge in [-0.3, -0.25) is 4.79 Å². The van der Waals surface area contributed by atoms with Crippen molar-refractivity contribution in [2.75, 3.05) is 44.4 Å². The maximum Gasteiger partial charge on any atom is 0.251 e. The zero-order valence-corrected chi connectivity index (χ0v) is 12.2. The van der Waals surface area contributed by atoms with E-state index in [-0.39, 0.29) is 5.91 Å². The summed E-state index contributed by atoms with van der Waals surface area (Å²) in [5, 5.41) is 2.94. The van der Waals surface area contributed by atoms with E-state index >= 15 is 0 Å². The lowest BCUT2D eigenvalue weighted by Gasteiger charge is -2.31. The topological polar surface area (TPSA) is 50.8 Å². The molecular weight excluding hydrogens is 268 g/mol. The third kappa shape index (κ3) is 3.54. The fourth-order valence-electron chi connectivity index (χ4n) is 2.91. The van der Waals surface area contributed by atoms with Crippen LogP contribution in [0.25, 0.3) is 0 Å². The predicted molar refractivity (Wildman–Crippen MR) is 80.5 cm³/mol. The molecule has 1 fully saturated rings. The molecule has 0 aromatic heterocycles. The number of nitrogens with one attached hydrogen (secondary N) is 1. The number of aryl methyl sites for hydroxylation is 1. The Bertz CT molecular complexity index is 486. The van der Waals surface area contributed by atoms with Crippen LogP contribution in [0.2, 0.25) is 0 Å². The molecule has 0 spiro atoms. The van der Waals surface area contributed by atoms with Gasteiger partial charge in [0.15, 0.2) is 6.10 Å². The van der Waals surface area contributed by atoms with E-state index in [1.54, 1.807) is 0 Å². The molecule has 1 unspecified atom stereocenters. The van der Waals surface area contributed by atoms with Crippen LogP contribution in [0.5, 0.6) is 0 Å². The highest BCUT2D eigenvalue weighted by Gasteiger charge is 2.22. The second kappa shape index (κ2) is 6.91. The summed E-state index contributed by atoms with van der Waals surface area (Å²) in [6.45, 7) is 3.95. The van der Waals surface area contributed by atoms with Crippen LogP contribution >= 0.6 is 0 Å². The molecule has 0 saturated carbocycles. The minimum absolute atomic E-state index is 0.0694. The van der Waals surface area contributed by atoms with Gasteiger partial charge in [-0.1, -0.05) is 18.2 Å². The quantitative estimate of drug-likeness (QED) is 0.898. The standard InChI is InChI=1S/C16H22N2O3/c19-16(15-12-20-10-11-21-15)17-7-9-18-8-3-5-13-4-1-2-6-14(13)18/h1-2,4,6,15H,3,5,7-12H2,(H,17,19). The Morgan fingerprint density at radius 2 is 2.24 bits per heavy atom. The van der Waals surface area contributed by atoms with Crippen LogP contribution in [0.1, 0.15) is 12.0 Å². The number of fused-ring (bicyclic) bond motifs is 1. The molecule has 21 heavy (non-hydrogen) atoms. The first kappa shape index (κ1) is 14.4. The maximum atomic E-state index is 12.0. The van der Waals surface area contributed by atoms with Gasteiger partial charge >= 0.3 is 0 Å². The molecule has 2 aliphatic heterocycles. The van der Waals surface area contributed by atoms with E-state index in [1.165, 1.54) is 17.7 Å². The molecule has 2 aliphatic rings. The number of carbonyl (C=O) groups excluding carboxylic acids is 1. The SMILES string of the molecule is O=C(NCCN1CCCc2ccccc21)C1COCCO1. The van der Waals surface area contributed by atoms with E-state index in [2.05, 4.69) is 34.5 Å². The van der Waals surface area contributed by atoms with Gasteiger partial charge in [-0.2, -0.15) is 0 Å². The molecule has 3 rings (SSSR count). The first-order valence-corrected chi connectivity index (χ1v) is 7.64. The van der Waals surface area contributed by atoms with Gasteiger partial charge in [-0.05, 0) is 24.5 Å². The predicted octanol–water partition coefficient (Wildman–Crippen LogP) is 0.971. The summed E-state index contributed by atoms with van der Waals surface area (Å²) in [6, 6.07) is 8.51. The average Bonchev–Trinajstić information content (AvgIpc) is 2.56. The largest absolute Gasteiger partial charge is 0.376 e. The Labute approximate surface area is 125 Å². The molecule has 0 aliphatic carbocycles. The minimum atomic E-state index is -0.451. The summed E-state index contributed by atoms with van der Waals surface area (Å²) < 4.78 is 10.6. The highest BCUT2D eigenvalue weighted by Crippen LogP contribution is 2.25. The molecule has 114 valence electrons. The van der Waals surface area contributed by atoms with Crippen molar-refractivity contribution in [3.63, 3.8) is 0 Å². The average molecular weight is 290 g/mol. The van der Waals surface area contributed by atoms with Crippen molar-refractivity contribution in [1.29, 1.82) is 0 Å². The summed E-state index contributed by atoms with van der Waals surface area (Å²) in [4.78, 5) is 14.3. The molecule has 1 aromatic rings. The van der Waals surface area contributed by atoms with E-state index in [0.717, 1.165) is 19.5 Å². The zero-order chi connectivity index (χ0) is 14.5. The van der Waals surface area contributed by atoms with Crippen LogP contribution in [0.4, 0.5) is 5.69 Å². The van der Waals surface area contributed by atoms with Gasteiger partial charge in [0.25, 0.3) is 5.91 Å². The monoisotopic (exact) mass is 290 g/mol. The number of anilines is 1. The van der Waals surface area contributed by atoms with Gasteiger partial charge < -0.3 is 19.7 Å². The van der Waals surface area contributed by atoms with Crippen molar-refractivity contribution < 1.29 is 14.3 Å². The first-order chi connectivity index (χ1) is 10.3. The number of para-hydroxylation sites is 1. The molecule has 1 N–H and O–H groups in total. The van der Waals surface area contributed by atoms with Gasteiger partial charge in [0, 0.05) is 25.3 Å². The van der Waals surface area contributed by atoms with Crippen molar-refractivity contribution in [3.05, 3.63) is 29.8 Å². The third-order valence-corrected chi connectivity index (χ3v) is 4.00. The van der Waals surface area contributed by atoms with Crippen molar-refractivity contribution >= 4 is 11.6 Å². The summed E-state index contributed by atoms with van der Waals surface area (Å²) >= 11 is 0. The lowest BCUT2D eigenvalue weighted by atomic mass is 10.0. The maximum absolute atomic E-state index is 12.0. The molecule has 1 atom stereocenters. The molecule has 1 aromatic carbocycles. The molecule has 0 bridgehead atoms. The second-order valence-electron chi connectivity index (χ2n) is 5.44. The number of ether oxygens (including phenoxy) is 2. The van der Waals surface area contributed by atoms with Crippen LogP contribution in [0.15, 0.2) is 24.3 Å². The number of nitrogens with zero attached hydrogens (tertiary/aromatic N) is 1. The third-order valence-electron chi connectivity index (χ3n) is 4.00. The van der Waals surface area contributed by atoms with Crippen LogP contribution in [0.3, 0.4) is 0 Å². The Morgan fingerprint density at radius 1 is 1.33 bits per heavy atom. The number of hydrogen-bond acceptors (Lipinski definition) is 4. The van der Waals surface area contributed by atoms with Crippen molar-refractivity contribution in [2.45, 2.75) is 18.9 Å². The summed E-state index contributed by atoms with van der Waals surface area (Å²) in [7, 11) is 0. The number of benzene rings is 1. The number of carbonyl (C=O) groups is 1. The molecule has 2 heterocycles. The fraction of sp³-hybridized carbons (Fsp3) is 0.562. The van der Waals surface area contributed by atoms with Crippen LogP contribution in [0, 0.1) is 0 Å².